The first-order valence-corrected chi connectivity index (χ1v) is 6.98. The summed E-state index contributed by atoms with van der Waals surface area (Å²) in [5.41, 5.74) is 2.02. The van der Waals surface area contributed by atoms with Gasteiger partial charge in [-0.25, -0.2) is 0 Å². The molecule has 1 amide bonds. The van der Waals surface area contributed by atoms with Gasteiger partial charge in [0.25, 0.3) is 0 Å². The summed E-state index contributed by atoms with van der Waals surface area (Å²) in [6.45, 7) is 5.72. The van der Waals surface area contributed by atoms with Gasteiger partial charge in [-0.1, -0.05) is 23.8 Å². The normalized spacial score (nSPS) is 13.7. The van der Waals surface area contributed by atoms with Crippen LogP contribution in [-0.4, -0.2) is 17.6 Å². The standard InChI is InChI=1S/C17H21NO3/c1-12-6-7-13(2)14(9-12)10-16(19)18-11-17(3,20)15-5-4-8-21-15/h4-9,20H,10-11H2,1-3H3,(H,18,19). The Balaban J connectivity index is 1.95. The van der Waals surface area contributed by atoms with Crippen LogP contribution in [0.1, 0.15) is 29.4 Å². The van der Waals surface area contributed by atoms with Crippen molar-refractivity contribution >= 4 is 5.91 Å². The Morgan fingerprint density at radius 2 is 2.10 bits per heavy atom. The Bertz CT molecular complexity index is 615. The Morgan fingerprint density at radius 3 is 2.76 bits per heavy atom. The van der Waals surface area contributed by atoms with Crippen molar-refractivity contribution in [2.75, 3.05) is 6.54 Å². The largest absolute Gasteiger partial charge is 0.466 e. The highest BCUT2D eigenvalue weighted by Crippen LogP contribution is 2.20. The molecule has 1 atom stereocenters. The highest BCUT2D eigenvalue weighted by Gasteiger charge is 2.26. The van der Waals surface area contributed by atoms with E-state index in [0.717, 1.165) is 16.7 Å². The molecule has 4 nitrogen and oxygen atoms in total. The second-order valence-corrected chi connectivity index (χ2v) is 5.63. The average molecular weight is 287 g/mol. The van der Waals surface area contributed by atoms with E-state index in [1.165, 1.54) is 6.26 Å². The van der Waals surface area contributed by atoms with E-state index in [-0.39, 0.29) is 12.5 Å². The second-order valence-electron chi connectivity index (χ2n) is 5.63. The molecule has 2 rings (SSSR count). The number of furan rings is 1. The van der Waals surface area contributed by atoms with Gasteiger partial charge >= 0.3 is 0 Å². The Kier molecular flexibility index (Phi) is 4.48. The number of amides is 1. The quantitative estimate of drug-likeness (QED) is 0.888. The number of rotatable bonds is 5. The van der Waals surface area contributed by atoms with Crippen LogP contribution in [0.15, 0.2) is 41.0 Å². The maximum atomic E-state index is 12.0. The van der Waals surface area contributed by atoms with E-state index >= 15 is 0 Å². The van der Waals surface area contributed by atoms with Gasteiger partial charge in [0.1, 0.15) is 11.4 Å². The van der Waals surface area contributed by atoms with E-state index in [4.69, 9.17) is 4.42 Å². The summed E-state index contributed by atoms with van der Waals surface area (Å²) in [7, 11) is 0. The van der Waals surface area contributed by atoms with E-state index in [9.17, 15) is 9.90 Å². The van der Waals surface area contributed by atoms with Crippen LogP contribution in [-0.2, 0) is 16.8 Å². The van der Waals surface area contributed by atoms with E-state index in [2.05, 4.69) is 5.32 Å². The average Bonchev–Trinajstić information content (AvgIpc) is 2.96. The number of hydrogen-bond donors (Lipinski definition) is 2. The van der Waals surface area contributed by atoms with E-state index < -0.39 is 5.60 Å². The number of aryl methyl sites for hydroxylation is 2. The molecule has 1 aromatic heterocycles. The summed E-state index contributed by atoms with van der Waals surface area (Å²) in [5, 5.41) is 13.0. The molecule has 0 aliphatic carbocycles. The lowest BCUT2D eigenvalue weighted by Gasteiger charge is -2.21. The lowest BCUT2D eigenvalue weighted by Crippen LogP contribution is -2.39. The molecule has 0 aliphatic heterocycles. The van der Waals surface area contributed by atoms with Crippen molar-refractivity contribution in [2.45, 2.75) is 32.8 Å². The minimum atomic E-state index is -1.21. The summed E-state index contributed by atoms with van der Waals surface area (Å²) in [4.78, 5) is 12.0. The maximum Gasteiger partial charge on any atom is 0.224 e. The second kappa shape index (κ2) is 6.14. The monoisotopic (exact) mass is 287 g/mol. The molecular weight excluding hydrogens is 266 g/mol. The molecule has 1 heterocycles. The van der Waals surface area contributed by atoms with E-state index in [0.29, 0.717) is 12.2 Å². The molecule has 0 fully saturated rings. The predicted octanol–water partition coefficient (Wildman–Crippen LogP) is 2.46. The summed E-state index contributed by atoms with van der Waals surface area (Å²) < 4.78 is 5.18. The minimum Gasteiger partial charge on any atom is -0.466 e. The molecule has 2 aromatic rings. The van der Waals surface area contributed by atoms with E-state index in [1.54, 1.807) is 19.1 Å². The number of carbonyl (C=O) groups excluding carboxylic acids is 1. The van der Waals surface area contributed by atoms with E-state index in [1.807, 2.05) is 32.0 Å². The highest BCUT2D eigenvalue weighted by molar-refractivity contribution is 5.79. The zero-order valence-electron chi connectivity index (χ0n) is 12.6. The summed E-state index contributed by atoms with van der Waals surface area (Å²) >= 11 is 0. The van der Waals surface area contributed by atoms with Crippen molar-refractivity contribution < 1.29 is 14.3 Å². The van der Waals surface area contributed by atoms with Crippen molar-refractivity contribution in [1.82, 2.24) is 5.32 Å². The number of hydrogen-bond acceptors (Lipinski definition) is 3. The van der Waals surface area contributed by atoms with Crippen molar-refractivity contribution in [3.63, 3.8) is 0 Å². The highest BCUT2D eigenvalue weighted by atomic mass is 16.4. The molecule has 112 valence electrons. The smallest absolute Gasteiger partial charge is 0.224 e. The Hall–Kier alpha value is -2.07. The third kappa shape index (κ3) is 3.95. The number of nitrogens with one attached hydrogen (secondary N) is 1. The molecule has 0 aliphatic rings. The van der Waals surface area contributed by atoms with Crippen molar-refractivity contribution in [3.05, 3.63) is 59.0 Å². The lowest BCUT2D eigenvalue weighted by molar-refractivity contribution is -0.121. The fraction of sp³-hybridized carbons (Fsp3) is 0.353. The zero-order chi connectivity index (χ0) is 15.5. The zero-order valence-corrected chi connectivity index (χ0v) is 12.6. The first-order valence-electron chi connectivity index (χ1n) is 6.98. The predicted molar refractivity (Wildman–Crippen MR) is 80.9 cm³/mol. The molecule has 1 aromatic carbocycles. The van der Waals surface area contributed by atoms with Crippen LogP contribution in [0.3, 0.4) is 0 Å². The van der Waals surface area contributed by atoms with Crippen molar-refractivity contribution in [3.8, 4) is 0 Å². The number of aliphatic hydroxyl groups is 1. The van der Waals surface area contributed by atoms with Crippen LogP contribution < -0.4 is 5.32 Å². The van der Waals surface area contributed by atoms with Gasteiger partial charge in [-0.3, -0.25) is 4.79 Å². The SMILES string of the molecule is Cc1ccc(C)c(CC(=O)NCC(C)(O)c2ccco2)c1. The van der Waals surface area contributed by atoms with Crippen LogP contribution in [0.25, 0.3) is 0 Å². The van der Waals surface area contributed by atoms with Crippen LogP contribution in [0.4, 0.5) is 0 Å². The van der Waals surface area contributed by atoms with Gasteiger partial charge in [-0.2, -0.15) is 0 Å². The van der Waals surface area contributed by atoms with Crippen molar-refractivity contribution in [1.29, 1.82) is 0 Å². The van der Waals surface area contributed by atoms with Crippen LogP contribution in [0.5, 0.6) is 0 Å². The molecule has 4 heteroatoms. The van der Waals surface area contributed by atoms with Gasteiger partial charge in [-0.15, -0.1) is 0 Å². The minimum absolute atomic E-state index is 0.115. The molecule has 0 radical (unpaired) electrons. The van der Waals surface area contributed by atoms with Gasteiger partial charge in [0, 0.05) is 0 Å². The molecule has 2 N–H and O–H groups in total. The number of carbonyl (C=O) groups is 1. The molecule has 0 saturated heterocycles. The third-order valence-electron chi connectivity index (χ3n) is 3.54. The summed E-state index contributed by atoms with van der Waals surface area (Å²) in [6, 6.07) is 9.45. The van der Waals surface area contributed by atoms with Crippen LogP contribution in [0, 0.1) is 13.8 Å². The maximum absolute atomic E-state index is 12.0. The molecule has 21 heavy (non-hydrogen) atoms. The third-order valence-corrected chi connectivity index (χ3v) is 3.54. The van der Waals surface area contributed by atoms with Gasteiger partial charge in [0.15, 0.2) is 0 Å². The van der Waals surface area contributed by atoms with Crippen LogP contribution >= 0.6 is 0 Å². The fourth-order valence-corrected chi connectivity index (χ4v) is 2.17. The lowest BCUT2D eigenvalue weighted by atomic mass is 10.0. The first-order chi connectivity index (χ1) is 9.88. The van der Waals surface area contributed by atoms with Crippen molar-refractivity contribution in [2.24, 2.45) is 0 Å². The van der Waals surface area contributed by atoms with Gasteiger partial charge < -0.3 is 14.8 Å². The molecule has 0 spiro atoms. The molecule has 0 saturated carbocycles. The van der Waals surface area contributed by atoms with Crippen LogP contribution in [0.2, 0.25) is 0 Å². The summed E-state index contributed by atoms with van der Waals surface area (Å²) in [5.74, 6) is 0.324. The summed E-state index contributed by atoms with van der Waals surface area (Å²) in [6.07, 6.45) is 1.81. The van der Waals surface area contributed by atoms with Gasteiger partial charge in [0.05, 0.1) is 19.2 Å². The molecule has 0 bridgehead atoms. The molecular formula is C17H21NO3. The Labute approximate surface area is 124 Å². The first kappa shape index (κ1) is 15.3. The topological polar surface area (TPSA) is 62.5 Å². The molecule has 1 unspecified atom stereocenters. The fourth-order valence-electron chi connectivity index (χ4n) is 2.17. The van der Waals surface area contributed by atoms with Gasteiger partial charge in [-0.05, 0) is 44.0 Å². The van der Waals surface area contributed by atoms with Gasteiger partial charge in [0.2, 0.25) is 5.91 Å². The number of benzene rings is 1. The Morgan fingerprint density at radius 1 is 1.33 bits per heavy atom.